The van der Waals surface area contributed by atoms with Crippen LogP contribution in [0.4, 0.5) is 0 Å². The van der Waals surface area contributed by atoms with Crippen LogP contribution in [0.2, 0.25) is 0 Å². The molecule has 4 aromatic rings. The van der Waals surface area contributed by atoms with Crippen LogP contribution < -0.4 is 0 Å². The molecule has 32 heavy (non-hydrogen) atoms. The van der Waals surface area contributed by atoms with E-state index in [1.165, 1.54) is 12.6 Å². The molecule has 0 atom stereocenters. The molecule has 1 aliphatic rings. The number of aromatic nitrogens is 3. The second kappa shape index (κ2) is 8.56. The summed E-state index contributed by atoms with van der Waals surface area (Å²) >= 11 is 0. The van der Waals surface area contributed by atoms with Gasteiger partial charge in [0.1, 0.15) is 6.07 Å². The van der Waals surface area contributed by atoms with Crippen molar-refractivity contribution in [2.45, 2.75) is 19.3 Å². The molecule has 0 spiro atoms. The summed E-state index contributed by atoms with van der Waals surface area (Å²) in [6.07, 6.45) is 6.44. The number of pyridine rings is 1. The van der Waals surface area contributed by atoms with Crippen molar-refractivity contribution in [3.63, 3.8) is 0 Å². The highest BCUT2D eigenvalue weighted by atomic mass is 16.2. The molecular formula is C26H21N5O. The molecule has 0 bridgehead atoms. The van der Waals surface area contributed by atoms with E-state index in [-0.39, 0.29) is 5.91 Å². The van der Waals surface area contributed by atoms with Crippen LogP contribution in [-0.4, -0.2) is 38.8 Å². The van der Waals surface area contributed by atoms with Gasteiger partial charge in [-0.05, 0) is 43.5 Å². The molecule has 156 valence electrons. The smallest absolute Gasteiger partial charge is 0.253 e. The van der Waals surface area contributed by atoms with E-state index in [0.717, 1.165) is 31.5 Å². The van der Waals surface area contributed by atoms with Crippen molar-refractivity contribution in [1.82, 2.24) is 19.9 Å². The van der Waals surface area contributed by atoms with Crippen LogP contribution in [0.3, 0.4) is 0 Å². The van der Waals surface area contributed by atoms with Crippen LogP contribution in [0.25, 0.3) is 33.5 Å². The van der Waals surface area contributed by atoms with Crippen LogP contribution in [0.5, 0.6) is 0 Å². The average molecular weight is 419 g/mol. The van der Waals surface area contributed by atoms with Gasteiger partial charge in [0.15, 0.2) is 0 Å². The Kier molecular flexibility index (Phi) is 5.30. The maximum atomic E-state index is 13.0. The second-order valence-corrected chi connectivity index (χ2v) is 7.88. The van der Waals surface area contributed by atoms with Gasteiger partial charge in [0, 0.05) is 42.2 Å². The van der Waals surface area contributed by atoms with Crippen molar-refractivity contribution in [3.8, 4) is 28.6 Å². The number of nitriles is 1. The van der Waals surface area contributed by atoms with Crippen molar-refractivity contribution < 1.29 is 4.79 Å². The van der Waals surface area contributed by atoms with Crippen LogP contribution in [-0.2, 0) is 0 Å². The molecule has 0 unspecified atom stereocenters. The van der Waals surface area contributed by atoms with Gasteiger partial charge in [0.2, 0.25) is 0 Å². The topological polar surface area (TPSA) is 82.8 Å². The monoisotopic (exact) mass is 419 g/mol. The maximum Gasteiger partial charge on any atom is 0.253 e. The van der Waals surface area contributed by atoms with Gasteiger partial charge in [-0.2, -0.15) is 5.26 Å². The van der Waals surface area contributed by atoms with Gasteiger partial charge in [0.05, 0.1) is 28.0 Å². The highest BCUT2D eigenvalue weighted by Gasteiger charge is 2.20. The number of benzene rings is 2. The Bertz CT molecular complexity index is 1340. The van der Waals surface area contributed by atoms with Crippen LogP contribution >= 0.6 is 0 Å². The fourth-order valence-electron chi connectivity index (χ4n) is 4.14. The number of amides is 1. The first-order valence-corrected chi connectivity index (χ1v) is 10.8. The normalized spacial score (nSPS) is 13.7. The van der Waals surface area contributed by atoms with E-state index in [2.05, 4.69) is 11.1 Å². The van der Waals surface area contributed by atoms with Crippen LogP contribution in [0, 0.1) is 11.3 Å². The molecule has 6 nitrogen and oxygen atoms in total. The lowest BCUT2D eigenvalue weighted by molar-refractivity contribution is 0.0724. The quantitative estimate of drug-likeness (QED) is 0.474. The van der Waals surface area contributed by atoms with Crippen LogP contribution in [0.15, 0.2) is 67.0 Å². The summed E-state index contributed by atoms with van der Waals surface area (Å²) in [6.45, 7) is 1.59. The molecule has 5 rings (SSSR count). The van der Waals surface area contributed by atoms with Crippen molar-refractivity contribution in [1.29, 1.82) is 5.26 Å². The molecule has 1 aliphatic heterocycles. The Morgan fingerprint density at radius 1 is 0.906 bits per heavy atom. The minimum Gasteiger partial charge on any atom is -0.339 e. The summed E-state index contributed by atoms with van der Waals surface area (Å²) < 4.78 is 0. The number of piperidine rings is 1. The first kappa shape index (κ1) is 19.8. The predicted octanol–water partition coefficient (Wildman–Crippen LogP) is 4.86. The number of carbonyl (C=O) groups excluding carboxylic acids is 1. The fraction of sp³-hybridized carbons (Fsp3) is 0.192. The molecular weight excluding hydrogens is 398 g/mol. The van der Waals surface area contributed by atoms with Crippen LogP contribution in [0.1, 0.15) is 35.2 Å². The lowest BCUT2D eigenvalue weighted by Gasteiger charge is -2.26. The number of hydrogen-bond donors (Lipinski definition) is 0. The van der Waals surface area contributed by atoms with Crippen molar-refractivity contribution in [2.75, 3.05) is 13.1 Å². The number of hydrogen-bond acceptors (Lipinski definition) is 5. The number of fused-ring (bicyclic) bond motifs is 1. The summed E-state index contributed by atoms with van der Waals surface area (Å²) in [5, 5.41) is 9.63. The Morgan fingerprint density at radius 2 is 1.69 bits per heavy atom. The molecule has 1 saturated heterocycles. The van der Waals surface area contributed by atoms with Gasteiger partial charge in [-0.25, -0.2) is 9.97 Å². The zero-order chi connectivity index (χ0) is 21.9. The SMILES string of the molecule is N#Cc1cnccc1-c1nc2cc(C(=O)N3CCCCC3)ccc2nc1-c1ccccc1. The van der Waals surface area contributed by atoms with E-state index in [0.29, 0.717) is 39.1 Å². The van der Waals surface area contributed by atoms with Gasteiger partial charge in [-0.3, -0.25) is 9.78 Å². The molecule has 2 aromatic carbocycles. The minimum absolute atomic E-state index is 0.0312. The largest absolute Gasteiger partial charge is 0.339 e. The van der Waals surface area contributed by atoms with E-state index >= 15 is 0 Å². The van der Waals surface area contributed by atoms with Gasteiger partial charge < -0.3 is 4.90 Å². The van der Waals surface area contributed by atoms with Crippen molar-refractivity contribution in [3.05, 3.63) is 78.1 Å². The highest BCUT2D eigenvalue weighted by molar-refractivity contribution is 5.98. The number of carbonyl (C=O) groups is 1. The van der Waals surface area contributed by atoms with Gasteiger partial charge in [-0.15, -0.1) is 0 Å². The molecule has 0 saturated carbocycles. The van der Waals surface area contributed by atoms with E-state index in [4.69, 9.17) is 9.97 Å². The molecule has 0 aliphatic carbocycles. The summed E-state index contributed by atoms with van der Waals surface area (Å²) in [5.74, 6) is 0.0312. The Hall–Kier alpha value is -4.11. The minimum atomic E-state index is 0.0312. The molecule has 2 aromatic heterocycles. The van der Waals surface area contributed by atoms with E-state index in [1.807, 2.05) is 53.4 Å². The van der Waals surface area contributed by atoms with Gasteiger partial charge in [-0.1, -0.05) is 30.3 Å². The molecule has 0 N–H and O–H groups in total. The standard InChI is InChI=1S/C26H21N5O/c27-16-20-17-28-12-11-21(20)25-24(18-7-3-1-4-8-18)29-22-10-9-19(15-23(22)30-25)26(32)31-13-5-2-6-14-31/h1,3-4,7-12,15,17H,2,5-6,13-14H2. The average Bonchev–Trinajstić information content (AvgIpc) is 2.88. The molecule has 1 amide bonds. The molecule has 0 radical (unpaired) electrons. The third kappa shape index (κ3) is 3.69. The summed E-state index contributed by atoms with van der Waals surface area (Å²) in [5.41, 5.74) is 5.25. The Balaban J connectivity index is 1.68. The number of likely N-dealkylation sites (tertiary alicyclic amines) is 1. The Labute approximate surface area is 186 Å². The first-order valence-electron chi connectivity index (χ1n) is 10.8. The predicted molar refractivity (Wildman–Crippen MR) is 123 cm³/mol. The summed E-state index contributed by atoms with van der Waals surface area (Å²) in [4.78, 5) is 28.8. The highest BCUT2D eigenvalue weighted by Crippen LogP contribution is 2.32. The molecule has 3 heterocycles. The van der Waals surface area contributed by atoms with E-state index < -0.39 is 0 Å². The third-order valence-corrected chi connectivity index (χ3v) is 5.80. The summed E-state index contributed by atoms with van der Waals surface area (Å²) in [7, 11) is 0. The zero-order valence-corrected chi connectivity index (χ0v) is 17.5. The third-order valence-electron chi connectivity index (χ3n) is 5.80. The second-order valence-electron chi connectivity index (χ2n) is 7.88. The van der Waals surface area contributed by atoms with E-state index in [1.54, 1.807) is 12.3 Å². The first-order chi connectivity index (χ1) is 15.7. The Morgan fingerprint density at radius 3 is 2.47 bits per heavy atom. The number of nitrogens with zero attached hydrogens (tertiary/aromatic N) is 5. The fourth-order valence-corrected chi connectivity index (χ4v) is 4.14. The molecule has 1 fully saturated rings. The van der Waals surface area contributed by atoms with Gasteiger partial charge in [0.25, 0.3) is 5.91 Å². The lowest BCUT2D eigenvalue weighted by atomic mass is 10.0. The zero-order valence-electron chi connectivity index (χ0n) is 17.5. The van der Waals surface area contributed by atoms with E-state index in [9.17, 15) is 10.1 Å². The van der Waals surface area contributed by atoms with Gasteiger partial charge >= 0.3 is 0 Å². The molecule has 6 heteroatoms. The maximum absolute atomic E-state index is 13.0. The summed E-state index contributed by atoms with van der Waals surface area (Å²) in [6, 6.07) is 19.3. The lowest BCUT2D eigenvalue weighted by Crippen LogP contribution is -2.35. The van der Waals surface area contributed by atoms with Crippen molar-refractivity contribution >= 4 is 16.9 Å². The number of rotatable bonds is 3. The van der Waals surface area contributed by atoms with Crippen molar-refractivity contribution in [2.24, 2.45) is 0 Å².